The molecule has 2 heterocycles. The van der Waals surface area contributed by atoms with E-state index in [9.17, 15) is 4.79 Å². The van der Waals surface area contributed by atoms with Crippen LogP contribution in [0.2, 0.25) is 0 Å². The van der Waals surface area contributed by atoms with Crippen LogP contribution >= 0.6 is 0 Å². The Morgan fingerprint density at radius 3 is 2.78 bits per heavy atom. The first-order valence-electron chi connectivity index (χ1n) is 6.85. The zero-order chi connectivity index (χ0) is 16.4. The molecule has 2 atom stereocenters. The van der Waals surface area contributed by atoms with Gasteiger partial charge in [-0.05, 0) is 12.2 Å². The topological polar surface area (TPSA) is 113 Å². The predicted octanol–water partition coefficient (Wildman–Crippen LogP) is -0.950. The third-order valence-electron chi connectivity index (χ3n) is 3.35. The number of aryl methyl sites for hydroxylation is 1. The number of rotatable bonds is 4. The Balaban J connectivity index is 1.79. The number of hydrogen-bond acceptors (Lipinski definition) is 6. The highest BCUT2D eigenvalue weighted by molar-refractivity contribution is 7.80. The fraction of sp³-hybridized carbons (Fsp3) is 0.214. The molecular weight excluding hydrogens is 320 g/mol. The summed E-state index contributed by atoms with van der Waals surface area (Å²) in [4.78, 5) is 15.4. The molecule has 23 heavy (non-hydrogen) atoms. The SMILES string of the molecule is Cc1onc(-c2ccccc2)c1C(=O)N[C@H]1[NH+]=CC(N(O)O)[SH+]1. The second-order valence-electron chi connectivity index (χ2n) is 4.92. The molecule has 0 radical (unpaired) electrons. The van der Waals surface area contributed by atoms with Crippen molar-refractivity contribution in [2.45, 2.75) is 17.8 Å². The van der Waals surface area contributed by atoms with Gasteiger partial charge >= 0.3 is 5.50 Å². The highest BCUT2D eigenvalue weighted by Crippen LogP contribution is 2.24. The summed E-state index contributed by atoms with van der Waals surface area (Å²) in [6, 6.07) is 9.28. The molecule has 1 aliphatic heterocycles. The predicted molar refractivity (Wildman–Crippen MR) is 82.9 cm³/mol. The smallest absolute Gasteiger partial charge is 0.360 e. The standard InChI is InChI=1S/C14H14N4O4S/c1-8-11(12(17-22-8)9-5-3-2-4-6-9)13(19)16-14-15-7-10(23-14)18(20)21/h2-7,10,14,20-21H,1H3,(H,16,19)/p+2/t10?,14-/m1/s1. The molecule has 1 unspecified atom stereocenters. The molecule has 0 fully saturated rings. The van der Waals surface area contributed by atoms with Gasteiger partial charge in [0.05, 0.1) is 11.8 Å². The first kappa shape index (κ1) is 15.7. The molecule has 1 amide bonds. The first-order chi connectivity index (χ1) is 11.1. The summed E-state index contributed by atoms with van der Waals surface area (Å²) in [5.74, 6) is 0.0755. The number of hydroxylamine groups is 2. The average molecular weight is 336 g/mol. The molecular formula is C14H16N4O4S+2. The van der Waals surface area contributed by atoms with Gasteiger partial charge < -0.3 is 4.52 Å². The van der Waals surface area contributed by atoms with E-state index in [4.69, 9.17) is 14.9 Å². The molecule has 1 aliphatic rings. The lowest BCUT2D eigenvalue weighted by Gasteiger charge is -2.05. The molecule has 0 saturated carbocycles. The minimum atomic E-state index is -0.613. The van der Waals surface area contributed by atoms with E-state index in [1.165, 1.54) is 6.21 Å². The van der Waals surface area contributed by atoms with Crippen molar-refractivity contribution in [2.75, 3.05) is 0 Å². The Labute approximate surface area is 135 Å². The largest absolute Gasteiger partial charge is 0.384 e. The molecule has 1 aromatic carbocycles. The van der Waals surface area contributed by atoms with E-state index in [2.05, 4.69) is 15.5 Å². The van der Waals surface area contributed by atoms with Gasteiger partial charge in [-0.2, -0.15) is 4.99 Å². The van der Waals surface area contributed by atoms with E-state index in [1.54, 1.807) is 6.92 Å². The van der Waals surface area contributed by atoms with Gasteiger partial charge in [0.1, 0.15) is 17.0 Å². The second kappa shape index (κ2) is 6.50. The maximum absolute atomic E-state index is 12.5. The Morgan fingerprint density at radius 2 is 2.13 bits per heavy atom. The van der Waals surface area contributed by atoms with Crippen LogP contribution in [0.25, 0.3) is 11.3 Å². The van der Waals surface area contributed by atoms with Crippen LogP contribution in [0.3, 0.4) is 0 Å². The quantitative estimate of drug-likeness (QED) is 0.325. The minimum absolute atomic E-state index is 0.0980. The van der Waals surface area contributed by atoms with Crippen LogP contribution in [0.15, 0.2) is 34.9 Å². The maximum Gasteiger partial charge on any atom is 0.384 e. The minimum Gasteiger partial charge on any atom is -0.360 e. The third-order valence-corrected chi connectivity index (χ3v) is 4.58. The molecule has 4 N–H and O–H groups in total. The number of thiol groups is 1. The molecule has 9 heteroatoms. The summed E-state index contributed by atoms with van der Waals surface area (Å²) in [6.07, 6.45) is 1.49. The van der Waals surface area contributed by atoms with Gasteiger partial charge in [-0.25, -0.2) is 5.32 Å². The number of amides is 1. The zero-order valence-electron chi connectivity index (χ0n) is 12.2. The molecule has 1 aromatic heterocycles. The van der Waals surface area contributed by atoms with Gasteiger partial charge in [-0.3, -0.25) is 15.2 Å². The van der Waals surface area contributed by atoms with E-state index in [1.807, 2.05) is 30.3 Å². The molecule has 8 nitrogen and oxygen atoms in total. The van der Waals surface area contributed by atoms with E-state index in [-0.39, 0.29) is 11.1 Å². The van der Waals surface area contributed by atoms with Crippen molar-refractivity contribution in [1.82, 2.24) is 15.7 Å². The molecule has 3 rings (SSSR count). The fourth-order valence-electron chi connectivity index (χ4n) is 2.25. The van der Waals surface area contributed by atoms with Gasteiger partial charge in [0.2, 0.25) is 6.21 Å². The molecule has 0 spiro atoms. The lowest BCUT2D eigenvalue weighted by Crippen LogP contribution is -2.78. The lowest BCUT2D eigenvalue weighted by molar-refractivity contribution is -0.471. The average Bonchev–Trinajstić information content (AvgIpc) is 3.15. The van der Waals surface area contributed by atoms with Crippen LogP contribution in [-0.4, -0.2) is 43.8 Å². The summed E-state index contributed by atoms with van der Waals surface area (Å²) in [7, 11) is 0. The van der Waals surface area contributed by atoms with Crippen LogP contribution < -0.4 is 10.3 Å². The van der Waals surface area contributed by atoms with Crippen molar-refractivity contribution in [3.63, 3.8) is 0 Å². The zero-order valence-corrected chi connectivity index (χ0v) is 13.1. The van der Waals surface area contributed by atoms with Crippen molar-refractivity contribution < 1.29 is 24.7 Å². The van der Waals surface area contributed by atoms with Gasteiger partial charge in [-0.15, -0.1) is 0 Å². The van der Waals surface area contributed by atoms with Crippen molar-refractivity contribution in [1.29, 1.82) is 0 Å². The number of benzene rings is 1. The van der Waals surface area contributed by atoms with Crippen molar-refractivity contribution in [3.05, 3.63) is 41.7 Å². The van der Waals surface area contributed by atoms with Crippen LogP contribution in [0.5, 0.6) is 0 Å². The number of hydrogen-bond donors (Lipinski definition) is 4. The highest BCUT2D eigenvalue weighted by Gasteiger charge is 2.40. The molecule has 120 valence electrons. The number of aromatic nitrogens is 1. The van der Waals surface area contributed by atoms with E-state index in [0.717, 1.165) is 5.56 Å². The number of nitrogens with zero attached hydrogens (tertiary/aromatic N) is 2. The monoisotopic (exact) mass is 336 g/mol. The Kier molecular flexibility index (Phi) is 4.44. The van der Waals surface area contributed by atoms with Crippen molar-refractivity contribution in [3.8, 4) is 11.3 Å². The van der Waals surface area contributed by atoms with Crippen molar-refractivity contribution in [2.24, 2.45) is 0 Å². The fourth-order valence-corrected chi connectivity index (χ4v) is 3.21. The van der Waals surface area contributed by atoms with Crippen LogP contribution in [-0.2, 0) is 11.8 Å². The van der Waals surface area contributed by atoms with Crippen molar-refractivity contribution >= 4 is 23.9 Å². The van der Waals surface area contributed by atoms with Crippen LogP contribution in [0, 0.1) is 6.92 Å². The van der Waals surface area contributed by atoms with Gasteiger partial charge in [-0.1, -0.05) is 35.5 Å². The highest BCUT2D eigenvalue weighted by atomic mass is 32.2. The maximum atomic E-state index is 12.5. The molecule has 0 saturated heterocycles. The molecule has 2 aromatic rings. The summed E-state index contributed by atoms with van der Waals surface area (Å²) in [5.41, 5.74) is 1.18. The Morgan fingerprint density at radius 1 is 1.39 bits per heavy atom. The summed E-state index contributed by atoms with van der Waals surface area (Å²) < 4.78 is 5.17. The number of carbonyl (C=O) groups excluding carboxylic acids is 1. The summed E-state index contributed by atoms with van der Waals surface area (Å²) in [6.45, 7) is 1.67. The van der Waals surface area contributed by atoms with Gasteiger partial charge in [0.25, 0.3) is 11.3 Å². The molecule has 0 bridgehead atoms. The van der Waals surface area contributed by atoms with Crippen LogP contribution in [0.1, 0.15) is 16.1 Å². The Hall–Kier alpha value is -2.20. The number of carbonyl (C=O) groups is 1. The normalized spacial score (nSPS) is 20.2. The van der Waals surface area contributed by atoms with Gasteiger partial charge in [0.15, 0.2) is 0 Å². The summed E-state index contributed by atoms with van der Waals surface area (Å²) in [5, 5.41) is 24.2. The van der Waals surface area contributed by atoms with E-state index < -0.39 is 10.9 Å². The first-order valence-corrected chi connectivity index (χ1v) is 7.88. The van der Waals surface area contributed by atoms with Gasteiger partial charge in [0, 0.05) is 5.56 Å². The Bertz CT molecular complexity index is 732. The van der Waals surface area contributed by atoms with Crippen LogP contribution in [0.4, 0.5) is 0 Å². The lowest BCUT2D eigenvalue weighted by atomic mass is 10.1. The van der Waals surface area contributed by atoms with E-state index >= 15 is 0 Å². The second-order valence-corrected chi connectivity index (χ2v) is 6.26. The summed E-state index contributed by atoms with van der Waals surface area (Å²) >= 11 is 0.591. The third kappa shape index (κ3) is 3.27. The number of nitrogens with one attached hydrogen (secondary N) is 2. The molecule has 0 aliphatic carbocycles. The van der Waals surface area contributed by atoms with E-state index in [0.29, 0.717) is 28.8 Å².